The zero-order valence-corrected chi connectivity index (χ0v) is 24.0. The molecule has 2 aromatic heterocycles. The summed E-state index contributed by atoms with van der Waals surface area (Å²) in [5, 5.41) is 10.6. The van der Waals surface area contributed by atoms with Crippen LogP contribution in [0.1, 0.15) is 36.8 Å². The van der Waals surface area contributed by atoms with Crippen LogP contribution in [0.2, 0.25) is 0 Å². The van der Waals surface area contributed by atoms with Crippen molar-refractivity contribution >= 4 is 16.5 Å². The zero-order valence-electron chi connectivity index (χ0n) is 24.0. The van der Waals surface area contributed by atoms with Crippen LogP contribution in [0.15, 0.2) is 98.9 Å². The lowest BCUT2D eigenvalue weighted by molar-refractivity contribution is 0.222. The lowest BCUT2D eigenvalue weighted by Gasteiger charge is -2.31. The Kier molecular flexibility index (Phi) is 6.42. The molecule has 0 spiro atoms. The number of rotatable bonds is 7. The molecule has 42 heavy (non-hydrogen) atoms. The first kappa shape index (κ1) is 25.9. The molecule has 7 rings (SSSR count). The summed E-state index contributed by atoms with van der Waals surface area (Å²) in [6.07, 6.45) is 6.47. The Morgan fingerprint density at radius 3 is 2.36 bits per heavy atom. The Bertz CT molecular complexity index is 1880. The van der Waals surface area contributed by atoms with Crippen LogP contribution in [0, 0.1) is 19.8 Å². The SMILES string of the molecule is Cc1nc(-c2ccc3ccc(CN4C5=CN(Cc6ccccc6-c6noc(C)n6)C=CC5=NC4C(C)C)cc3c2)no1. The van der Waals surface area contributed by atoms with E-state index in [4.69, 9.17) is 14.0 Å². The Morgan fingerprint density at radius 2 is 1.60 bits per heavy atom. The predicted octanol–water partition coefficient (Wildman–Crippen LogP) is 6.67. The summed E-state index contributed by atoms with van der Waals surface area (Å²) in [5.41, 5.74) is 6.38. The summed E-state index contributed by atoms with van der Waals surface area (Å²) >= 11 is 0. The molecule has 1 atom stereocenters. The number of hydrogen-bond donors (Lipinski definition) is 0. The first-order valence-corrected chi connectivity index (χ1v) is 14.1. The molecule has 0 fully saturated rings. The second-order valence-corrected chi connectivity index (χ2v) is 11.1. The van der Waals surface area contributed by atoms with Crippen LogP contribution < -0.4 is 0 Å². The molecule has 0 saturated heterocycles. The molecule has 5 aromatic rings. The van der Waals surface area contributed by atoms with Gasteiger partial charge in [0.2, 0.25) is 23.4 Å². The van der Waals surface area contributed by atoms with Gasteiger partial charge in [-0.2, -0.15) is 9.97 Å². The minimum absolute atomic E-state index is 0.0507. The number of fused-ring (bicyclic) bond motifs is 2. The van der Waals surface area contributed by atoms with Crippen LogP contribution >= 0.6 is 0 Å². The standard InChI is InChI=1S/C33H31N7O2/c1-20(2)33-36-29-13-14-39(18-26-7-5-6-8-28(26)32-35-22(4)42-38-32)19-30(29)40(33)17-23-9-10-24-11-12-25(16-27(24)15-23)31-34-21(3)41-37-31/h5-16,19-20,33H,17-18H2,1-4H3. The van der Waals surface area contributed by atoms with Crippen molar-refractivity contribution in [1.29, 1.82) is 0 Å². The van der Waals surface area contributed by atoms with Crippen LogP contribution in [0.5, 0.6) is 0 Å². The van der Waals surface area contributed by atoms with Gasteiger partial charge in [0.1, 0.15) is 6.17 Å². The summed E-state index contributed by atoms with van der Waals surface area (Å²) in [4.78, 5) is 18.6. The third-order valence-electron chi connectivity index (χ3n) is 7.65. The normalized spacial score (nSPS) is 16.4. The summed E-state index contributed by atoms with van der Waals surface area (Å²) < 4.78 is 10.4. The van der Waals surface area contributed by atoms with Gasteiger partial charge in [-0.25, -0.2) is 0 Å². The van der Waals surface area contributed by atoms with Crippen molar-refractivity contribution in [3.05, 3.63) is 108 Å². The van der Waals surface area contributed by atoms with E-state index in [1.807, 2.05) is 24.3 Å². The van der Waals surface area contributed by atoms with Crippen LogP contribution in [0.3, 0.4) is 0 Å². The van der Waals surface area contributed by atoms with Crippen LogP contribution in [0.25, 0.3) is 33.5 Å². The lowest BCUT2D eigenvalue weighted by Crippen LogP contribution is -2.34. The molecule has 2 aliphatic rings. The highest BCUT2D eigenvalue weighted by Crippen LogP contribution is 2.33. The van der Waals surface area contributed by atoms with Gasteiger partial charge in [0.15, 0.2) is 0 Å². The maximum Gasteiger partial charge on any atom is 0.223 e. The van der Waals surface area contributed by atoms with Gasteiger partial charge >= 0.3 is 0 Å². The number of allylic oxidation sites excluding steroid dienone is 1. The topological polar surface area (TPSA) is 96.7 Å². The van der Waals surface area contributed by atoms with Gasteiger partial charge in [0, 0.05) is 50.5 Å². The summed E-state index contributed by atoms with van der Waals surface area (Å²) in [7, 11) is 0. The molecule has 210 valence electrons. The average Bonchev–Trinajstić information content (AvgIpc) is 3.72. The zero-order chi connectivity index (χ0) is 28.8. The maximum atomic E-state index is 5.25. The van der Waals surface area contributed by atoms with E-state index in [0.717, 1.165) is 40.0 Å². The van der Waals surface area contributed by atoms with E-state index in [2.05, 4.69) is 98.8 Å². The van der Waals surface area contributed by atoms with Gasteiger partial charge in [-0.05, 0) is 46.0 Å². The molecule has 0 aliphatic carbocycles. The van der Waals surface area contributed by atoms with E-state index < -0.39 is 0 Å². The van der Waals surface area contributed by atoms with Crippen molar-refractivity contribution in [2.75, 3.05) is 0 Å². The molecular weight excluding hydrogens is 526 g/mol. The summed E-state index contributed by atoms with van der Waals surface area (Å²) in [6, 6.07) is 21.1. The molecule has 0 amide bonds. The van der Waals surface area contributed by atoms with Crippen LogP contribution in [0.4, 0.5) is 0 Å². The summed E-state index contributed by atoms with van der Waals surface area (Å²) in [5.74, 6) is 2.67. The largest absolute Gasteiger partial charge is 0.348 e. The molecule has 0 N–H and O–H groups in total. The molecule has 9 heteroatoms. The van der Waals surface area contributed by atoms with Gasteiger partial charge in [0.05, 0.1) is 11.4 Å². The van der Waals surface area contributed by atoms with Gasteiger partial charge in [-0.1, -0.05) is 72.7 Å². The second-order valence-electron chi connectivity index (χ2n) is 11.1. The molecule has 1 unspecified atom stereocenters. The second kappa shape index (κ2) is 10.4. The van der Waals surface area contributed by atoms with E-state index in [9.17, 15) is 0 Å². The fourth-order valence-electron chi connectivity index (χ4n) is 5.62. The number of aliphatic imine (C=N–C) groups is 1. The van der Waals surface area contributed by atoms with Gasteiger partial charge in [-0.3, -0.25) is 4.99 Å². The molecule has 0 saturated carbocycles. The van der Waals surface area contributed by atoms with Crippen molar-refractivity contribution in [3.63, 3.8) is 0 Å². The van der Waals surface area contributed by atoms with Gasteiger partial charge in [0.25, 0.3) is 0 Å². The first-order chi connectivity index (χ1) is 20.4. The minimum atomic E-state index is 0.0507. The highest BCUT2D eigenvalue weighted by molar-refractivity contribution is 6.10. The van der Waals surface area contributed by atoms with Crippen molar-refractivity contribution in [2.24, 2.45) is 10.9 Å². The van der Waals surface area contributed by atoms with Gasteiger partial charge < -0.3 is 18.8 Å². The van der Waals surface area contributed by atoms with Gasteiger partial charge in [-0.15, -0.1) is 0 Å². The van der Waals surface area contributed by atoms with E-state index >= 15 is 0 Å². The maximum absolute atomic E-state index is 5.25. The fraction of sp³-hybridized carbons (Fsp3) is 0.242. The Balaban J connectivity index is 1.18. The summed E-state index contributed by atoms with van der Waals surface area (Å²) in [6.45, 7) is 9.47. The number of nitrogens with zero attached hydrogens (tertiary/aromatic N) is 7. The number of benzene rings is 3. The predicted molar refractivity (Wildman–Crippen MR) is 161 cm³/mol. The molecular formula is C33H31N7O2. The average molecular weight is 558 g/mol. The van der Waals surface area contributed by atoms with Crippen molar-refractivity contribution in [1.82, 2.24) is 30.1 Å². The van der Waals surface area contributed by atoms with E-state index in [1.54, 1.807) is 13.8 Å². The Hall–Kier alpha value is -5.05. The monoisotopic (exact) mass is 557 g/mol. The molecule has 4 heterocycles. The van der Waals surface area contributed by atoms with E-state index in [1.165, 1.54) is 10.9 Å². The molecule has 0 bridgehead atoms. The Labute approximate surface area is 243 Å². The van der Waals surface area contributed by atoms with Crippen molar-refractivity contribution < 1.29 is 9.05 Å². The van der Waals surface area contributed by atoms with Crippen LogP contribution in [-0.2, 0) is 13.1 Å². The number of hydrogen-bond acceptors (Lipinski definition) is 9. The highest BCUT2D eigenvalue weighted by Gasteiger charge is 2.33. The minimum Gasteiger partial charge on any atom is -0.348 e. The number of aryl methyl sites for hydroxylation is 2. The quantitative estimate of drug-likeness (QED) is 0.219. The smallest absolute Gasteiger partial charge is 0.223 e. The third kappa shape index (κ3) is 4.87. The van der Waals surface area contributed by atoms with E-state index in [0.29, 0.717) is 35.9 Å². The molecule has 0 radical (unpaired) electrons. The van der Waals surface area contributed by atoms with Crippen molar-refractivity contribution in [3.8, 4) is 22.8 Å². The molecule has 9 nitrogen and oxygen atoms in total. The molecule has 3 aromatic carbocycles. The van der Waals surface area contributed by atoms with Crippen LogP contribution in [-0.4, -0.2) is 42.0 Å². The molecule has 2 aliphatic heterocycles. The highest BCUT2D eigenvalue weighted by atomic mass is 16.5. The lowest BCUT2D eigenvalue weighted by atomic mass is 10.0. The third-order valence-corrected chi connectivity index (χ3v) is 7.65. The van der Waals surface area contributed by atoms with Crippen molar-refractivity contribution in [2.45, 2.75) is 47.0 Å². The van der Waals surface area contributed by atoms with E-state index in [-0.39, 0.29) is 6.17 Å². The number of aromatic nitrogens is 4. The first-order valence-electron chi connectivity index (χ1n) is 14.1. The fourth-order valence-corrected chi connectivity index (χ4v) is 5.62. The Morgan fingerprint density at radius 1 is 0.833 bits per heavy atom.